The van der Waals surface area contributed by atoms with Crippen LogP contribution in [0.4, 0.5) is 0 Å². The summed E-state index contributed by atoms with van der Waals surface area (Å²) in [5, 5.41) is 6.89. The molecule has 0 aromatic heterocycles. The molecule has 0 aromatic rings. The average Bonchev–Trinajstić information content (AvgIpc) is 0.918. The zero-order valence-corrected chi connectivity index (χ0v) is 5.11. The summed E-state index contributed by atoms with van der Waals surface area (Å²) in [6.45, 7) is -0.250. The molecule has 4 heavy (non-hydrogen) atoms. The Labute approximate surface area is 35.1 Å². The SMILES string of the molecule is O=CO.[AsH3]. The molecule has 0 radical (unpaired) electrons. The van der Waals surface area contributed by atoms with Crippen LogP contribution in [0, 0.1) is 0 Å². The molecule has 0 aliphatic rings. The molecule has 0 spiro atoms. The zero-order valence-electron chi connectivity index (χ0n) is 2.14. The van der Waals surface area contributed by atoms with Gasteiger partial charge in [0.1, 0.15) is 0 Å². The van der Waals surface area contributed by atoms with Gasteiger partial charge in [-0.15, -0.1) is 0 Å². The standard InChI is InChI=1S/CH2O2.AsH3/c2-1-3;/h1H,(H,2,3);1H3. The number of hydrogen-bond donors (Lipinski definition) is 1. The van der Waals surface area contributed by atoms with E-state index in [1.807, 2.05) is 0 Å². The van der Waals surface area contributed by atoms with Gasteiger partial charge in [0, 0.05) is 0 Å². The van der Waals surface area contributed by atoms with Crippen molar-refractivity contribution in [2.75, 3.05) is 0 Å². The Balaban J connectivity index is 0. The Hall–Kier alpha value is 0.0284. The van der Waals surface area contributed by atoms with Crippen molar-refractivity contribution in [3.05, 3.63) is 0 Å². The number of rotatable bonds is 0. The van der Waals surface area contributed by atoms with Crippen molar-refractivity contribution in [3.8, 4) is 0 Å². The van der Waals surface area contributed by atoms with Crippen LogP contribution in [-0.4, -0.2) is 29.5 Å². The Morgan fingerprint density at radius 2 is 1.75 bits per heavy atom. The molecule has 0 rings (SSSR count). The number of hydrogen-bond acceptors (Lipinski definition) is 1. The van der Waals surface area contributed by atoms with Crippen LogP contribution in [0.25, 0.3) is 0 Å². The second-order valence-corrected chi connectivity index (χ2v) is 0.105. The summed E-state index contributed by atoms with van der Waals surface area (Å²) in [6.07, 6.45) is 0. The van der Waals surface area contributed by atoms with E-state index in [1.54, 1.807) is 0 Å². The molecule has 2 nitrogen and oxygen atoms in total. The van der Waals surface area contributed by atoms with E-state index in [1.165, 1.54) is 0 Å². The first kappa shape index (κ1) is 8.98. The summed E-state index contributed by atoms with van der Waals surface area (Å²) in [5.74, 6) is 0. The molecule has 0 aliphatic heterocycles. The normalized spacial score (nSPS) is 3.00. The molecule has 0 amide bonds. The average molecular weight is 124 g/mol. The van der Waals surface area contributed by atoms with Gasteiger partial charge in [-0.3, -0.25) is 4.79 Å². The third-order valence-corrected chi connectivity index (χ3v) is 0. The van der Waals surface area contributed by atoms with E-state index in [9.17, 15) is 0 Å². The molecule has 0 heterocycles. The van der Waals surface area contributed by atoms with Gasteiger partial charge in [0.15, 0.2) is 0 Å². The van der Waals surface area contributed by atoms with Crippen molar-refractivity contribution in [1.82, 2.24) is 0 Å². The van der Waals surface area contributed by atoms with Crippen LogP contribution in [0.15, 0.2) is 0 Å². The van der Waals surface area contributed by atoms with Gasteiger partial charge in [-0.05, 0) is 0 Å². The van der Waals surface area contributed by atoms with Gasteiger partial charge in [-0.1, -0.05) is 0 Å². The Bertz CT molecular complexity index is 13.5. The molecule has 0 aromatic carbocycles. The molecule has 0 fully saturated rings. The summed E-state index contributed by atoms with van der Waals surface area (Å²) in [6, 6.07) is 0. The van der Waals surface area contributed by atoms with Crippen LogP contribution >= 0.6 is 0 Å². The maximum absolute atomic E-state index is 8.36. The third kappa shape index (κ3) is 2650. The minimum atomic E-state index is -0.250. The van der Waals surface area contributed by atoms with E-state index >= 15 is 0 Å². The van der Waals surface area contributed by atoms with Gasteiger partial charge in [0.2, 0.25) is 0 Å². The quantitative estimate of drug-likeness (QED) is 0.315. The van der Waals surface area contributed by atoms with Crippen LogP contribution in [0.2, 0.25) is 0 Å². The molecule has 0 saturated carbocycles. The molecule has 3 heteroatoms. The summed E-state index contributed by atoms with van der Waals surface area (Å²) < 4.78 is 0. The van der Waals surface area contributed by atoms with Crippen LogP contribution in [-0.2, 0) is 4.79 Å². The predicted octanol–water partition coefficient (Wildman–Crippen LogP) is -1.48. The summed E-state index contributed by atoms with van der Waals surface area (Å²) in [5.41, 5.74) is 0. The van der Waals surface area contributed by atoms with Crippen LogP contribution < -0.4 is 0 Å². The first-order chi connectivity index (χ1) is 1.41. The summed E-state index contributed by atoms with van der Waals surface area (Å²) >= 11 is 0. The monoisotopic (exact) mass is 124 g/mol. The molecular weight excluding hydrogens is 119 g/mol. The van der Waals surface area contributed by atoms with Crippen molar-refractivity contribution in [2.45, 2.75) is 0 Å². The fraction of sp³-hybridized carbons (Fsp3) is 0. The Morgan fingerprint density at radius 3 is 1.75 bits per heavy atom. The number of carboxylic acid groups (broad SMARTS) is 1. The van der Waals surface area contributed by atoms with E-state index in [4.69, 9.17) is 9.90 Å². The first-order valence-corrected chi connectivity index (χ1v) is 0.494. The maximum atomic E-state index is 8.36. The van der Waals surface area contributed by atoms with Crippen molar-refractivity contribution < 1.29 is 9.90 Å². The first-order valence-electron chi connectivity index (χ1n) is 0.494. The zero-order chi connectivity index (χ0) is 2.71. The summed E-state index contributed by atoms with van der Waals surface area (Å²) in [7, 11) is 0. The van der Waals surface area contributed by atoms with Crippen molar-refractivity contribution >= 4 is 24.4 Å². The van der Waals surface area contributed by atoms with Crippen molar-refractivity contribution in [3.63, 3.8) is 0 Å². The molecule has 0 aliphatic carbocycles. The van der Waals surface area contributed by atoms with Crippen molar-refractivity contribution in [1.29, 1.82) is 0 Å². The molecular formula is CH5AsO2. The Morgan fingerprint density at radius 1 is 1.75 bits per heavy atom. The molecule has 0 bridgehead atoms. The van der Waals surface area contributed by atoms with E-state index in [-0.39, 0.29) is 24.4 Å². The fourth-order valence-corrected chi connectivity index (χ4v) is 0. The molecule has 0 saturated heterocycles. The predicted molar refractivity (Wildman–Crippen MR) is 18.6 cm³/mol. The second kappa shape index (κ2) is 11.8. The molecule has 1 N–H and O–H groups in total. The van der Waals surface area contributed by atoms with Gasteiger partial charge in [-0.2, -0.15) is 0 Å². The van der Waals surface area contributed by atoms with Crippen LogP contribution in [0.5, 0.6) is 0 Å². The third-order valence-electron chi connectivity index (χ3n) is 0. The van der Waals surface area contributed by atoms with Crippen LogP contribution in [0.1, 0.15) is 0 Å². The van der Waals surface area contributed by atoms with E-state index in [0.717, 1.165) is 0 Å². The topological polar surface area (TPSA) is 37.3 Å². The molecule has 1 atom stereocenters. The number of carbonyl (C=O) groups is 1. The van der Waals surface area contributed by atoms with E-state index in [0.29, 0.717) is 0 Å². The van der Waals surface area contributed by atoms with Gasteiger partial charge in [0.05, 0.1) is 0 Å². The fourth-order valence-electron chi connectivity index (χ4n) is 0. The molecule has 26 valence electrons. The van der Waals surface area contributed by atoms with E-state index in [2.05, 4.69) is 0 Å². The van der Waals surface area contributed by atoms with Gasteiger partial charge in [-0.25, -0.2) is 0 Å². The second-order valence-electron chi connectivity index (χ2n) is 0.105. The van der Waals surface area contributed by atoms with Gasteiger partial charge < -0.3 is 5.11 Å². The van der Waals surface area contributed by atoms with Crippen molar-refractivity contribution in [2.24, 2.45) is 0 Å². The Kier molecular flexibility index (Phi) is 26.4. The van der Waals surface area contributed by atoms with Crippen LogP contribution in [0.3, 0.4) is 0 Å². The van der Waals surface area contributed by atoms with Gasteiger partial charge >= 0.3 is 18.0 Å². The van der Waals surface area contributed by atoms with Gasteiger partial charge in [0.25, 0.3) is 6.47 Å². The van der Waals surface area contributed by atoms with E-state index < -0.39 is 0 Å². The minimum absolute atomic E-state index is 0. The summed E-state index contributed by atoms with van der Waals surface area (Å²) in [4.78, 5) is 8.36. The molecule has 1 unspecified atom stereocenters.